The largest absolute Gasteiger partial charge is 0.481 e. The number of nitrogens with one attached hydrogen (secondary N) is 2. The van der Waals surface area contributed by atoms with Gasteiger partial charge in [0.15, 0.2) is 23.8 Å². The van der Waals surface area contributed by atoms with Gasteiger partial charge in [0.1, 0.15) is 17.4 Å². The monoisotopic (exact) mass is 507 g/mol. The number of nitrogens with zero attached hydrogens (tertiary/aromatic N) is 5. The van der Waals surface area contributed by atoms with Crippen molar-refractivity contribution in [2.75, 3.05) is 30.5 Å². The van der Waals surface area contributed by atoms with Crippen LogP contribution < -0.4 is 30.6 Å². The van der Waals surface area contributed by atoms with Gasteiger partial charge >= 0.3 is 6.09 Å². The summed E-state index contributed by atoms with van der Waals surface area (Å²) < 4.78 is 17.8. The van der Waals surface area contributed by atoms with E-state index in [1.165, 1.54) is 13.3 Å². The number of amides is 2. The average molecular weight is 508 g/mol. The quantitative estimate of drug-likeness (QED) is 0.496. The van der Waals surface area contributed by atoms with Crippen LogP contribution in [0.15, 0.2) is 35.3 Å². The topological polar surface area (TPSA) is 150 Å². The summed E-state index contributed by atoms with van der Waals surface area (Å²) in [6.07, 6.45) is 2.71. The number of aromatic nitrogens is 4. The standard InChI is InChI=1S/C24H25N7O6/c1-35-20-7-3-14-23(29-20)30(21(33)11-26-14)9-8-25-13-2-4-15-17(10-13)37-24(34)31(15)18-6-5-16-22(27-18)28-19(32)12-36-16/h3,5-7,11,13,15,17,25H,2,4,8-10,12H2,1H3,(H,27,28,32)/t13-,15?,17-/m0/s1. The highest BCUT2D eigenvalue weighted by molar-refractivity contribution is 5.95. The average Bonchev–Trinajstić information content (AvgIpc) is 3.24. The lowest BCUT2D eigenvalue weighted by atomic mass is 9.88. The van der Waals surface area contributed by atoms with Gasteiger partial charge in [0.2, 0.25) is 5.88 Å². The number of carbonyl (C=O) groups is 2. The third-order valence-corrected chi connectivity index (χ3v) is 6.89. The highest BCUT2D eigenvalue weighted by Crippen LogP contribution is 2.37. The molecule has 13 nitrogen and oxygen atoms in total. The summed E-state index contributed by atoms with van der Waals surface area (Å²) in [5, 5.41) is 6.16. The van der Waals surface area contributed by atoms with Crippen molar-refractivity contribution < 1.29 is 23.8 Å². The van der Waals surface area contributed by atoms with Gasteiger partial charge in [-0.05, 0) is 31.0 Å². The molecular formula is C24H25N7O6. The van der Waals surface area contributed by atoms with Gasteiger partial charge in [0.05, 0.1) is 19.3 Å². The zero-order chi connectivity index (χ0) is 25.5. The van der Waals surface area contributed by atoms with Crippen LogP contribution in [0.1, 0.15) is 19.3 Å². The van der Waals surface area contributed by atoms with Gasteiger partial charge in [0.25, 0.3) is 11.5 Å². The van der Waals surface area contributed by atoms with Gasteiger partial charge in [-0.3, -0.25) is 19.1 Å². The number of rotatable bonds is 6. The van der Waals surface area contributed by atoms with Crippen LogP contribution in [-0.2, 0) is 16.1 Å². The fourth-order valence-electron chi connectivity index (χ4n) is 5.13. The Morgan fingerprint density at radius 1 is 1.16 bits per heavy atom. The molecule has 192 valence electrons. The highest BCUT2D eigenvalue weighted by Gasteiger charge is 2.46. The van der Waals surface area contributed by atoms with Gasteiger partial charge in [0, 0.05) is 31.6 Å². The number of ether oxygens (including phenoxy) is 3. The maximum Gasteiger partial charge on any atom is 0.416 e. The van der Waals surface area contributed by atoms with Gasteiger partial charge in [-0.15, -0.1) is 0 Å². The van der Waals surface area contributed by atoms with E-state index in [-0.39, 0.29) is 36.3 Å². The molecule has 0 bridgehead atoms. The number of methoxy groups -OCH3 is 1. The number of hydrogen-bond acceptors (Lipinski definition) is 10. The second-order valence-electron chi connectivity index (χ2n) is 9.12. The van der Waals surface area contributed by atoms with Crippen LogP contribution in [0.3, 0.4) is 0 Å². The molecule has 0 aromatic carbocycles. The third kappa shape index (κ3) is 4.31. The van der Waals surface area contributed by atoms with Gasteiger partial charge in [-0.25, -0.2) is 14.8 Å². The lowest BCUT2D eigenvalue weighted by Crippen LogP contribution is -2.46. The molecule has 0 radical (unpaired) electrons. The van der Waals surface area contributed by atoms with E-state index in [0.29, 0.717) is 60.4 Å². The van der Waals surface area contributed by atoms with Crippen molar-refractivity contribution in [3.63, 3.8) is 0 Å². The maximum absolute atomic E-state index is 12.8. The molecule has 3 aromatic rings. The first-order valence-electron chi connectivity index (χ1n) is 12.1. The van der Waals surface area contributed by atoms with Gasteiger partial charge in [-0.1, -0.05) is 0 Å². The van der Waals surface area contributed by atoms with Crippen molar-refractivity contribution in [2.45, 2.75) is 44.0 Å². The lowest BCUT2D eigenvalue weighted by molar-refractivity contribution is -0.118. The molecule has 5 heterocycles. The molecule has 2 amide bonds. The van der Waals surface area contributed by atoms with Crippen LogP contribution in [0.4, 0.5) is 16.4 Å². The number of anilines is 2. The van der Waals surface area contributed by atoms with E-state index in [2.05, 4.69) is 25.6 Å². The van der Waals surface area contributed by atoms with Crippen molar-refractivity contribution in [1.82, 2.24) is 24.8 Å². The predicted octanol–water partition coefficient (Wildman–Crippen LogP) is 1.06. The van der Waals surface area contributed by atoms with Crippen molar-refractivity contribution in [3.8, 4) is 11.6 Å². The molecule has 3 aliphatic rings. The van der Waals surface area contributed by atoms with Crippen molar-refractivity contribution in [3.05, 3.63) is 40.8 Å². The number of pyridine rings is 2. The summed E-state index contributed by atoms with van der Waals surface area (Å²) in [6, 6.07) is 6.83. The van der Waals surface area contributed by atoms with Crippen LogP contribution in [0, 0.1) is 0 Å². The normalized spacial score (nSPS) is 22.6. The van der Waals surface area contributed by atoms with Gasteiger partial charge < -0.3 is 24.8 Å². The Bertz CT molecular complexity index is 1440. The van der Waals surface area contributed by atoms with Crippen LogP contribution in [0.25, 0.3) is 11.2 Å². The lowest BCUT2D eigenvalue weighted by Gasteiger charge is -2.33. The molecule has 1 saturated carbocycles. The minimum absolute atomic E-state index is 0.0599. The second kappa shape index (κ2) is 9.32. The Labute approximate surface area is 210 Å². The summed E-state index contributed by atoms with van der Waals surface area (Å²) in [5.41, 5.74) is 0.843. The Balaban J connectivity index is 1.11. The first kappa shape index (κ1) is 23.2. The minimum atomic E-state index is -0.457. The Kier molecular flexibility index (Phi) is 5.83. The zero-order valence-corrected chi connectivity index (χ0v) is 20.0. The van der Waals surface area contributed by atoms with E-state index in [9.17, 15) is 14.4 Å². The van der Waals surface area contributed by atoms with E-state index in [1.807, 2.05) is 0 Å². The zero-order valence-electron chi connectivity index (χ0n) is 20.0. The molecule has 2 aliphatic heterocycles. The first-order valence-corrected chi connectivity index (χ1v) is 12.1. The first-order chi connectivity index (χ1) is 18.0. The summed E-state index contributed by atoms with van der Waals surface area (Å²) in [6.45, 7) is 0.876. The molecular weight excluding hydrogens is 482 g/mol. The van der Waals surface area contributed by atoms with E-state index >= 15 is 0 Å². The summed E-state index contributed by atoms with van der Waals surface area (Å²) in [7, 11) is 1.52. The minimum Gasteiger partial charge on any atom is -0.481 e. The number of carbonyl (C=O) groups excluding carboxylic acids is 2. The molecule has 6 rings (SSSR count). The molecule has 0 spiro atoms. The molecule has 2 N–H and O–H groups in total. The number of hydrogen-bond donors (Lipinski definition) is 2. The molecule has 1 unspecified atom stereocenters. The predicted molar refractivity (Wildman–Crippen MR) is 131 cm³/mol. The Morgan fingerprint density at radius 2 is 2.05 bits per heavy atom. The summed E-state index contributed by atoms with van der Waals surface area (Å²) >= 11 is 0. The third-order valence-electron chi connectivity index (χ3n) is 6.89. The molecule has 1 aliphatic carbocycles. The summed E-state index contributed by atoms with van der Waals surface area (Å²) in [4.78, 5) is 51.4. The molecule has 3 atom stereocenters. The molecule has 13 heteroatoms. The van der Waals surface area contributed by atoms with Crippen molar-refractivity contribution in [2.24, 2.45) is 0 Å². The van der Waals surface area contributed by atoms with Crippen LogP contribution in [0.5, 0.6) is 11.6 Å². The van der Waals surface area contributed by atoms with E-state index in [1.54, 1.807) is 33.7 Å². The van der Waals surface area contributed by atoms with E-state index in [0.717, 1.165) is 6.42 Å². The van der Waals surface area contributed by atoms with Gasteiger partial charge in [-0.2, -0.15) is 4.98 Å². The van der Waals surface area contributed by atoms with Crippen LogP contribution >= 0.6 is 0 Å². The maximum atomic E-state index is 12.8. The molecule has 3 aromatic heterocycles. The summed E-state index contributed by atoms with van der Waals surface area (Å²) in [5.74, 6) is 1.31. The highest BCUT2D eigenvalue weighted by atomic mass is 16.6. The fraction of sp³-hybridized carbons (Fsp3) is 0.417. The van der Waals surface area contributed by atoms with Crippen molar-refractivity contribution in [1.29, 1.82) is 0 Å². The molecule has 1 saturated heterocycles. The van der Waals surface area contributed by atoms with Crippen LogP contribution in [0.2, 0.25) is 0 Å². The second-order valence-corrected chi connectivity index (χ2v) is 9.12. The van der Waals surface area contributed by atoms with Crippen molar-refractivity contribution >= 4 is 34.8 Å². The number of fused-ring (bicyclic) bond motifs is 3. The SMILES string of the molecule is COc1ccc2ncc(=O)n(CCN[C@H]3CCC4[C@H](C3)OC(=O)N4c3ccc4c(n3)NC(=O)CO4)c2n1. The molecule has 37 heavy (non-hydrogen) atoms. The fourth-order valence-corrected chi connectivity index (χ4v) is 5.13. The Morgan fingerprint density at radius 3 is 2.92 bits per heavy atom. The smallest absolute Gasteiger partial charge is 0.416 e. The molecule has 2 fully saturated rings. The van der Waals surface area contributed by atoms with E-state index < -0.39 is 6.09 Å². The van der Waals surface area contributed by atoms with E-state index in [4.69, 9.17) is 14.2 Å². The van der Waals surface area contributed by atoms with Crippen LogP contribution in [-0.4, -0.2) is 70.0 Å². The Hall–Kier alpha value is -4.26.